The van der Waals surface area contributed by atoms with Gasteiger partial charge in [0.05, 0.1) is 12.3 Å². The first kappa shape index (κ1) is 21.3. The highest BCUT2D eigenvalue weighted by Crippen LogP contribution is 2.22. The monoisotopic (exact) mass is 411 g/mol. The number of nitrogens with zero attached hydrogens (tertiary/aromatic N) is 1. The molecule has 2 amide bonds. The third-order valence-electron chi connectivity index (χ3n) is 4.96. The van der Waals surface area contributed by atoms with Crippen molar-refractivity contribution in [1.82, 2.24) is 15.6 Å². The molecule has 1 aromatic heterocycles. The summed E-state index contributed by atoms with van der Waals surface area (Å²) in [6.07, 6.45) is 6.85. The Balaban J connectivity index is 1.80. The Morgan fingerprint density at radius 3 is 2.77 bits per heavy atom. The van der Waals surface area contributed by atoms with Crippen molar-refractivity contribution in [3.63, 3.8) is 0 Å². The van der Waals surface area contributed by atoms with E-state index in [1.54, 1.807) is 31.5 Å². The Kier molecular flexibility index (Phi) is 6.31. The zero-order chi connectivity index (χ0) is 21.7. The minimum absolute atomic E-state index is 0.0204. The van der Waals surface area contributed by atoms with E-state index in [4.69, 9.17) is 20.6 Å². The lowest BCUT2D eigenvalue weighted by Crippen LogP contribution is -2.59. The van der Waals surface area contributed by atoms with Crippen LogP contribution in [0.2, 0.25) is 0 Å². The lowest BCUT2D eigenvalue weighted by molar-refractivity contribution is -0.130. The molecule has 1 saturated heterocycles. The van der Waals surface area contributed by atoms with Gasteiger partial charge in [-0.25, -0.2) is 0 Å². The Labute approximate surface area is 174 Å². The number of nitrogens with two attached hydrogens (primary N) is 1. The van der Waals surface area contributed by atoms with E-state index in [9.17, 15) is 9.59 Å². The Hall–Kier alpha value is -3.46. The molecular formula is C21H25N5O4. The molecule has 9 heteroatoms. The van der Waals surface area contributed by atoms with Gasteiger partial charge in [-0.3, -0.25) is 14.6 Å². The minimum Gasteiger partial charge on any atom is -0.489 e. The van der Waals surface area contributed by atoms with Gasteiger partial charge in [0.1, 0.15) is 23.6 Å². The zero-order valence-electron chi connectivity index (χ0n) is 17.0. The molecule has 1 unspecified atom stereocenters. The number of nitrogens with one attached hydrogen (secondary N) is 3. The van der Waals surface area contributed by atoms with Crippen molar-refractivity contribution in [1.29, 1.82) is 5.41 Å². The van der Waals surface area contributed by atoms with Crippen LogP contribution in [0.25, 0.3) is 0 Å². The Bertz CT molecular complexity index is 941. The van der Waals surface area contributed by atoms with Crippen LogP contribution in [0.1, 0.15) is 17.7 Å². The van der Waals surface area contributed by atoms with Gasteiger partial charge in [-0.15, -0.1) is 0 Å². The average Bonchev–Trinajstić information content (AvgIpc) is 3.20. The van der Waals surface area contributed by atoms with Crippen LogP contribution >= 0.6 is 0 Å². The van der Waals surface area contributed by atoms with Gasteiger partial charge < -0.3 is 31.3 Å². The molecule has 1 atom stereocenters. The SMILES string of the molecule is CN/C(C(=O)NC1(C(N)=O)CCOC1)=C1/C=C(OCc2ccc(C)nc2)C=CC1=N. The topological polar surface area (TPSA) is 139 Å². The van der Waals surface area contributed by atoms with Crippen molar-refractivity contribution in [2.75, 3.05) is 20.3 Å². The van der Waals surface area contributed by atoms with E-state index in [0.29, 0.717) is 31.0 Å². The number of amides is 2. The molecule has 9 nitrogen and oxygen atoms in total. The third-order valence-corrected chi connectivity index (χ3v) is 4.96. The second-order valence-electron chi connectivity index (χ2n) is 7.13. The maximum Gasteiger partial charge on any atom is 0.268 e. The van der Waals surface area contributed by atoms with Crippen LogP contribution in [0, 0.1) is 12.3 Å². The molecule has 30 heavy (non-hydrogen) atoms. The van der Waals surface area contributed by atoms with Crippen molar-refractivity contribution in [3.8, 4) is 0 Å². The van der Waals surface area contributed by atoms with Gasteiger partial charge in [0.15, 0.2) is 0 Å². The van der Waals surface area contributed by atoms with Gasteiger partial charge in [-0.05, 0) is 31.2 Å². The van der Waals surface area contributed by atoms with Crippen LogP contribution in [0.15, 0.2) is 53.6 Å². The molecule has 0 aromatic carbocycles. The van der Waals surface area contributed by atoms with Crippen LogP contribution in [0.4, 0.5) is 0 Å². The molecule has 1 aliphatic heterocycles. The van der Waals surface area contributed by atoms with E-state index in [0.717, 1.165) is 11.3 Å². The molecule has 1 fully saturated rings. The summed E-state index contributed by atoms with van der Waals surface area (Å²) in [6, 6.07) is 3.82. The van der Waals surface area contributed by atoms with Crippen LogP contribution in [0.3, 0.4) is 0 Å². The van der Waals surface area contributed by atoms with Gasteiger partial charge in [0, 0.05) is 43.1 Å². The maximum atomic E-state index is 12.9. The summed E-state index contributed by atoms with van der Waals surface area (Å²) in [5.41, 5.74) is 6.66. The van der Waals surface area contributed by atoms with Crippen molar-refractivity contribution in [3.05, 3.63) is 64.8 Å². The first-order valence-corrected chi connectivity index (χ1v) is 9.50. The number of aromatic nitrogens is 1. The highest BCUT2D eigenvalue weighted by Gasteiger charge is 2.43. The van der Waals surface area contributed by atoms with Crippen molar-refractivity contribution >= 4 is 17.5 Å². The molecule has 5 N–H and O–H groups in total. The van der Waals surface area contributed by atoms with Crippen LogP contribution in [0.5, 0.6) is 0 Å². The number of aryl methyl sites for hydroxylation is 1. The number of hydrogen-bond acceptors (Lipinski definition) is 7. The number of hydrogen-bond donors (Lipinski definition) is 4. The fraction of sp³-hybridized carbons (Fsp3) is 0.333. The second kappa shape index (κ2) is 8.91. The second-order valence-corrected chi connectivity index (χ2v) is 7.13. The largest absolute Gasteiger partial charge is 0.489 e. The summed E-state index contributed by atoms with van der Waals surface area (Å²) in [5.74, 6) is -0.704. The molecule has 0 saturated carbocycles. The number of allylic oxidation sites excluding steroid dienone is 4. The standard InChI is InChI=1S/C21H25N5O4/c1-13-3-4-14(10-25-13)11-30-15-5-6-17(22)16(9-15)18(24-2)19(27)26-21(20(23)28)7-8-29-12-21/h3-6,9-10,22,24H,7-8,11-12H2,1-2H3,(H2,23,28)(H,26,27)/b18-16-,22-17?. The summed E-state index contributed by atoms with van der Waals surface area (Å²) in [5, 5.41) is 13.7. The van der Waals surface area contributed by atoms with E-state index in [1.165, 1.54) is 0 Å². The summed E-state index contributed by atoms with van der Waals surface area (Å²) in [7, 11) is 1.57. The first-order chi connectivity index (χ1) is 14.3. The van der Waals surface area contributed by atoms with Gasteiger partial charge in [-0.1, -0.05) is 6.07 Å². The summed E-state index contributed by atoms with van der Waals surface area (Å²) in [6.45, 7) is 2.56. The number of carbonyl (C=O) groups is 2. The highest BCUT2D eigenvalue weighted by molar-refractivity contribution is 6.15. The van der Waals surface area contributed by atoms with Crippen LogP contribution < -0.4 is 16.4 Å². The number of ether oxygens (including phenoxy) is 2. The predicted octanol–water partition coefficient (Wildman–Crippen LogP) is 0.614. The number of primary amides is 1. The lowest BCUT2D eigenvalue weighted by Gasteiger charge is -2.26. The number of carbonyl (C=O) groups excluding carboxylic acids is 2. The summed E-state index contributed by atoms with van der Waals surface area (Å²) >= 11 is 0. The van der Waals surface area contributed by atoms with Crippen molar-refractivity contribution in [2.24, 2.45) is 5.73 Å². The van der Waals surface area contributed by atoms with E-state index in [1.807, 2.05) is 19.1 Å². The molecule has 1 aromatic rings. The molecule has 2 aliphatic rings. The number of rotatable bonds is 7. The summed E-state index contributed by atoms with van der Waals surface area (Å²) < 4.78 is 11.1. The van der Waals surface area contributed by atoms with Gasteiger partial charge in [-0.2, -0.15) is 0 Å². The molecule has 1 aliphatic carbocycles. The molecule has 0 radical (unpaired) electrons. The van der Waals surface area contributed by atoms with Gasteiger partial charge >= 0.3 is 0 Å². The quantitative estimate of drug-likeness (QED) is 0.485. The molecule has 3 rings (SSSR count). The predicted molar refractivity (Wildman–Crippen MR) is 110 cm³/mol. The molecule has 158 valence electrons. The highest BCUT2D eigenvalue weighted by atomic mass is 16.5. The van der Waals surface area contributed by atoms with E-state index in [-0.39, 0.29) is 18.0 Å². The van der Waals surface area contributed by atoms with E-state index >= 15 is 0 Å². The normalized spacial score (nSPS) is 22.3. The van der Waals surface area contributed by atoms with Gasteiger partial charge in [0.25, 0.3) is 5.91 Å². The first-order valence-electron chi connectivity index (χ1n) is 9.50. The lowest BCUT2D eigenvalue weighted by atomic mass is 9.96. The van der Waals surface area contributed by atoms with E-state index < -0.39 is 17.4 Å². The number of likely N-dealkylation sites (N-methyl/N-ethyl adjacent to an activating group) is 1. The third kappa shape index (κ3) is 4.57. The molecular weight excluding hydrogens is 386 g/mol. The zero-order valence-corrected chi connectivity index (χ0v) is 17.0. The molecule has 0 spiro atoms. The smallest absolute Gasteiger partial charge is 0.268 e. The molecule has 2 heterocycles. The molecule has 0 bridgehead atoms. The van der Waals surface area contributed by atoms with Crippen molar-refractivity contribution in [2.45, 2.75) is 25.5 Å². The van der Waals surface area contributed by atoms with Gasteiger partial charge in [0.2, 0.25) is 5.91 Å². The average molecular weight is 411 g/mol. The van der Waals surface area contributed by atoms with E-state index in [2.05, 4.69) is 15.6 Å². The van der Waals surface area contributed by atoms with Crippen molar-refractivity contribution < 1.29 is 19.1 Å². The Morgan fingerprint density at radius 1 is 1.37 bits per heavy atom. The maximum absolute atomic E-state index is 12.9. The number of pyridine rings is 1. The Morgan fingerprint density at radius 2 is 2.17 bits per heavy atom. The van der Waals surface area contributed by atoms with Crippen LogP contribution in [-0.2, 0) is 25.7 Å². The fourth-order valence-corrected chi connectivity index (χ4v) is 3.14. The minimum atomic E-state index is -1.26. The summed E-state index contributed by atoms with van der Waals surface area (Å²) in [4.78, 5) is 29.0. The fourth-order valence-electron chi connectivity index (χ4n) is 3.14. The van der Waals surface area contributed by atoms with Crippen LogP contribution in [-0.4, -0.2) is 48.3 Å².